The number of hydrogen-bond donors (Lipinski definition) is 0. The zero-order chi connectivity index (χ0) is 15.3. The first kappa shape index (κ1) is 17.5. The van der Waals surface area contributed by atoms with Crippen molar-refractivity contribution in [3.63, 3.8) is 0 Å². The third kappa shape index (κ3) is 7.16. The molecule has 0 aromatic heterocycles. The maximum Gasteiger partial charge on any atom is 0.413 e. The molecule has 21 heavy (non-hydrogen) atoms. The van der Waals surface area contributed by atoms with Gasteiger partial charge in [0, 0.05) is 12.2 Å². The van der Waals surface area contributed by atoms with Crippen molar-refractivity contribution < 1.29 is 9.53 Å². The number of rotatable bonds is 10. The zero-order valence-corrected chi connectivity index (χ0v) is 13.5. The number of amides is 1. The predicted molar refractivity (Wildman–Crippen MR) is 88.8 cm³/mol. The molecule has 0 unspecified atom stereocenters. The second-order valence-corrected chi connectivity index (χ2v) is 5.43. The smallest absolute Gasteiger partial charge is 0.413 e. The minimum Gasteiger partial charge on any atom is -0.452 e. The van der Waals surface area contributed by atoms with E-state index in [1.807, 2.05) is 30.3 Å². The van der Waals surface area contributed by atoms with Crippen LogP contribution in [0.4, 0.5) is 10.5 Å². The van der Waals surface area contributed by atoms with Crippen LogP contribution in [0.15, 0.2) is 30.3 Å². The summed E-state index contributed by atoms with van der Waals surface area (Å²) in [4.78, 5) is 13.6. The van der Waals surface area contributed by atoms with Crippen LogP contribution in [0.3, 0.4) is 0 Å². The van der Waals surface area contributed by atoms with Crippen LogP contribution in [0.1, 0.15) is 58.3 Å². The molecule has 1 aromatic rings. The Morgan fingerprint density at radius 3 is 2.10 bits per heavy atom. The lowest BCUT2D eigenvalue weighted by Gasteiger charge is -2.21. The minimum atomic E-state index is -0.274. The topological polar surface area (TPSA) is 29.5 Å². The van der Waals surface area contributed by atoms with E-state index < -0.39 is 0 Å². The van der Waals surface area contributed by atoms with Crippen molar-refractivity contribution in [1.82, 2.24) is 0 Å². The summed E-state index contributed by atoms with van der Waals surface area (Å²) in [5.41, 5.74) is 0.910. The Hall–Kier alpha value is -1.51. The fourth-order valence-corrected chi connectivity index (χ4v) is 2.45. The van der Waals surface area contributed by atoms with Crippen molar-refractivity contribution >= 4 is 11.8 Å². The van der Waals surface area contributed by atoms with E-state index in [0.29, 0.717) is 0 Å². The zero-order valence-electron chi connectivity index (χ0n) is 13.5. The standard InChI is InChI=1S/C18H29NO2/c1-3-4-5-6-7-8-9-13-16-19(18(20)21-2)17-14-11-10-12-15-17/h10-12,14-15H,3-9,13,16H2,1-2H3. The van der Waals surface area contributed by atoms with Crippen LogP contribution in [0.2, 0.25) is 0 Å². The van der Waals surface area contributed by atoms with Crippen LogP contribution in [-0.2, 0) is 4.74 Å². The first-order valence-electron chi connectivity index (χ1n) is 8.20. The second kappa shape index (κ2) is 11.2. The maximum atomic E-state index is 11.9. The average molecular weight is 291 g/mol. The van der Waals surface area contributed by atoms with E-state index in [9.17, 15) is 4.79 Å². The molecule has 3 nitrogen and oxygen atoms in total. The van der Waals surface area contributed by atoms with Gasteiger partial charge in [0.2, 0.25) is 0 Å². The lowest BCUT2D eigenvalue weighted by molar-refractivity contribution is 0.178. The van der Waals surface area contributed by atoms with E-state index in [2.05, 4.69) is 6.92 Å². The highest BCUT2D eigenvalue weighted by Gasteiger charge is 2.14. The molecule has 1 rings (SSSR count). The largest absolute Gasteiger partial charge is 0.452 e. The van der Waals surface area contributed by atoms with E-state index >= 15 is 0 Å². The van der Waals surface area contributed by atoms with Crippen molar-refractivity contribution in [2.24, 2.45) is 0 Å². The van der Waals surface area contributed by atoms with Crippen LogP contribution < -0.4 is 4.90 Å². The molecule has 1 aromatic carbocycles. The van der Waals surface area contributed by atoms with Gasteiger partial charge in [0.05, 0.1) is 7.11 Å². The summed E-state index contributed by atoms with van der Waals surface area (Å²) in [6.07, 6.45) is 9.84. The first-order valence-corrected chi connectivity index (χ1v) is 8.20. The molecule has 3 heteroatoms. The van der Waals surface area contributed by atoms with Crippen LogP contribution in [-0.4, -0.2) is 19.7 Å². The summed E-state index contributed by atoms with van der Waals surface area (Å²) in [6.45, 7) is 2.97. The van der Waals surface area contributed by atoms with E-state index in [-0.39, 0.29) is 6.09 Å². The average Bonchev–Trinajstić information content (AvgIpc) is 2.53. The number of nitrogens with zero attached hydrogens (tertiary/aromatic N) is 1. The minimum absolute atomic E-state index is 0.274. The van der Waals surface area contributed by atoms with Gasteiger partial charge in [-0.1, -0.05) is 70.1 Å². The summed E-state index contributed by atoms with van der Waals surface area (Å²) in [5, 5.41) is 0. The number of carbonyl (C=O) groups is 1. The molecule has 0 saturated heterocycles. The van der Waals surface area contributed by atoms with Gasteiger partial charge >= 0.3 is 6.09 Å². The Labute approximate surface area is 129 Å². The fraction of sp³-hybridized carbons (Fsp3) is 0.611. The highest BCUT2D eigenvalue weighted by Crippen LogP contribution is 2.16. The van der Waals surface area contributed by atoms with Crippen molar-refractivity contribution in [3.8, 4) is 0 Å². The SMILES string of the molecule is CCCCCCCCCCN(C(=O)OC)c1ccccc1. The number of unbranched alkanes of at least 4 members (excludes halogenated alkanes) is 7. The van der Waals surface area contributed by atoms with Crippen LogP contribution in [0.5, 0.6) is 0 Å². The highest BCUT2D eigenvalue weighted by atomic mass is 16.5. The molecule has 0 N–H and O–H groups in total. The monoisotopic (exact) mass is 291 g/mol. The fourth-order valence-electron chi connectivity index (χ4n) is 2.45. The Morgan fingerprint density at radius 2 is 1.52 bits per heavy atom. The number of ether oxygens (including phenoxy) is 1. The van der Waals surface area contributed by atoms with Crippen molar-refractivity contribution in [3.05, 3.63) is 30.3 Å². The molecule has 0 radical (unpaired) electrons. The molecule has 0 spiro atoms. The van der Waals surface area contributed by atoms with Crippen molar-refractivity contribution in [2.45, 2.75) is 58.3 Å². The molecule has 0 atom stereocenters. The predicted octanol–water partition coefficient (Wildman–Crippen LogP) is 5.40. The molecule has 0 saturated carbocycles. The van der Waals surface area contributed by atoms with E-state index in [4.69, 9.17) is 4.74 Å². The molecular weight excluding hydrogens is 262 g/mol. The van der Waals surface area contributed by atoms with Gasteiger partial charge in [0.25, 0.3) is 0 Å². The number of benzene rings is 1. The van der Waals surface area contributed by atoms with E-state index in [1.54, 1.807) is 4.90 Å². The number of methoxy groups -OCH3 is 1. The van der Waals surface area contributed by atoms with E-state index in [0.717, 1.165) is 18.7 Å². The molecule has 0 aliphatic rings. The second-order valence-electron chi connectivity index (χ2n) is 5.43. The van der Waals surface area contributed by atoms with E-state index in [1.165, 1.54) is 52.1 Å². The van der Waals surface area contributed by atoms with Gasteiger partial charge in [-0.05, 0) is 18.6 Å². The number of anilines is 1. The lowest BCUT2D eigenvalue weighted by atomic mass is 10.1. The van der Waals surface area contributed by atoms with Crippen LogP contribution in [0, 0.1) is 0 Å². The lowest BCUT2D eigenvalue weighted by Crippen LogP contribution is -2.31. The normalized spacial score (nSPS) is 10.4. The summed E-state index contributed by atoms with van der Waals surface area (Å²) in [7, 11) is 1.44. The quantitative estimate of drug-likeness (QED) is 0.540. The summed E-state index contributed by atoms with van der Waals surface area (Å²) in [5.74, 6) is 0. The summed E-state index contributed by atoms with van der Waals surface area (Å²) in [6, 6.07) is 9.73. The molecule has 0 heterocycles. The first-order chi connectivity index (χ1) is 10.3. The van der Waals surface area contributed by atoms with Crippen LogP contribution >= 0.6 is 0 Å². The third-order valence-corrected chi connectivity index (χ3v) is 3.70. The van der Waals surface area contributed by atoms with Crippen molar-refractivity contribution in [1.29, 1.82) is 0 Å². The molecule has 1 amide bonds. The Bertz CT molecular complexity index is 378. The Kier molecular flexibility index (Phi) is 9.34. The van der Waals surface area contributed by atoms with Gasteiger partial charge in [0.1, 0.15) is 0 Å². The Morgan fingerprint density at radius 1 is 0.952 bits per heavy atom. The maximum absolute atomic E-state index is 11.9. The van der Waals surface area contributed by atoms with Gasteiger partial charge in [-0.2, -0.15) is 0 Å². The van der Waals surface area contributed by atoms with Gasteiger partial charge in [0.15, 0.2) is 0 Å². The number of carbonyl (C=O) groups excluding carboxylic acids is 1. The van der Waals surface area contributed by atoms with Gasteiger partial charge in [-0.25, -0.2) is 4.79 Å². The van der Waals surface area contributed by atoms with Gasteiger partial charge in [-0.15, -0.1) is 0 Å². The number of para-hydroxylation sites is 1. The van der Waals surface area contributed by atoms with Crippen molar-refractivity contribution in [2.75, 3.05) is 18.6 Å². The Balaban J connectivity index is 2.27. The molecule has 0 aliphatic heterocycles. The molecule has 0 fully saturated rings. The molecule has 0 bridgehead atoms. The third-order valence-electron chi connectivity index (χ3n) is 3.70. The summed E-state index contributed by atoms with van der Waals surface area (Å²) >= 11 is 0. The van der Waals surface area contributed by atoms with Gasteiger partial charge < -0.3 is 4.74 Å². The summed E-state index contributed by atoms with van der Waals surface area (Å²) < 4.78 is 4.88. The van der Waals surface area contributed by atoms with Gasteiger partial charge in [-0.3, -0.25) is 4.90 Å². The van der Waals surface area contributed by atoms with Crippen LogP contribution in [0.25, 0.3) is 0 Å². The highest BCUT2D eigenvalue weighted by molar-refractivity contribution is 5.87. The number of hydrogen-bond acceptors (Lipinski definition) is 2. The molecule has 0 aliphatic carbocycles. The molecular formula is C18H29NO2. The molecule has 118 valence electrons.